The van der Waals surface area contributed by atoms with E-state index in [1.807, 2.05) is 6.20 Å². The van der Waals surface area contributed by atoms with Crippen LogP contribution in [0.2, 0.25) is 0 Å². The van der Waals surface area contributed by atoms with Crippen LogP contribution >= 0.6 is 0 Å². The SMILES string of the molecule is COC(C)CCc1cnc(CCCNC(C)C)o1. The lowest BCUT2D eigenvalue weighted by atomic mass is 10.2. The summed E-state index contributed by atoms with van der Waals surface area (Å²) in [4.78, 5) is 4.30. The highest BCUT2D eigenvalue weighted by Gasteiger charge is 2.06. The first kappa shape index (κ1) is 15.2. The van der Waals surface area contributed by atoms with Crippen LogP contribution in [0.4, 0.5) is 0 Å². The van der Waals surface area contributed by atoms with Gasteiger partial charge in [0.15, 0.2) is 5.89 Å². The van der Waals surface area contributed by atoms with Crippen LogP contribution in [-0.4, -0.2) is 30.8 Å². The summed E-state index contributed by atoms with van der Waals surface area (Å²) >= 11 is 0. The van der Waals surface area contributed by atoms with Crippen molar-refractivity contribution in [2.24, 2.45) is 0 Å². The summed E-state index contributed by atoms with van der Waals surface area (Å²) < 4.78 is 10.9. The standard InChI is InChI=1S/C14H26N2O2/c1-11(2)15-9-5-6-14-16-10-13(18-14)8-7-12(3)17-4/h10-12,15H,5-9H2,1-4H3. The number of oxazole rings is 1. The van der Waals surface area contributed by atoms with Gasteiger partial charge in [0.1, 0.15) is 5.76 Å². The van der Waals surface area contributed by atoms with Gasteiger partial charge in [-0.2, -0.15) is 0 Å². The smallest absolute Gasteiger partial charge is 0.194 e. The topological polar surface area (TPSA) is 47.3 Å². The Labute approximate surface area is 110 Å². The Kier molecular flexibility index (Phi) is 6.98. The molecule has 0 aliphatic rings. The maximum Gasteiger partial charge on any atom is 0.194 e. The second-order valence-electron chi connectivity index (χ2n) is 5.02. The van der Waals surface area contributed by atoms with E-state index < -0.39 is 0 Å². The van der Waals surface area contributed by atoms with Crippen LogP contribution in [0.25, 0.3) is 0 Å². The number of nitrogens with zero attached hydrogens (tertiary/aromatic N) is 1. The molecule has 1 rings (SSSR count). The quantitative estimate of drug-likeness (QED) is 0.688. The van der Waals surface area contributed by atoms with Crippen molar-refractivity contribution in [1.82, 2.24) is 10.3 Å². The van der Waals surface area contributed by atoms with Crippen LogP contribution in [0.1, 0.15) is 45.3 Å². The molecule has 1 aromatic heterocycles. The highest BCUT2D eigenvalue weighted by molar-refractivity contribution is 4.94. The molecule has 0 fully saturated rings. The first-order chi connectivity index (χ1) is 8.61. The minimum Gasteiger partial charge on any atom is -0.446 e. The molecular formula is C14H26N2O2. The molecule has 0 aromatic carbocycles. The fourth-order valence-corrected chi connectivity index (χ4v) is 1.67. The van der Waals surface area contributed by atoms with Crippen LogP contribution in [0.15, 0.2) is 10.6 Å². The molecular weight excluding hydrogens is 228 g/mol. The van der Waals surface area contributed by atoms with Crippen molar-refractivity contribution in [2.45, 2.75) is 58.6 Å². The molecule has 18 heavy (non-hydrogen) atoms. The van der Waals surface area contributed by atoms with E-state index in [9.17, 15) is 0 Å². The number of aryl methyl sites for hydroxylation is 2. The van der Waals surface area contributed by atoms with Gasteiger partial charge in [-0.1, -0.05) is 13.8 Å². The number of aromatic nitrogens is 1. The van der Waals surface area contributed by atoms with Gasteiger partial charge in [0.25, 0.3) is 0 Å². The van der Waals surface area contributed by atoms with E-state index in [4.69, 9.17) is 9.15 Å². The van der Waals surface area contributed by atoms with E-state index in [1.165, 1.54) is 0 Å². The Morgan fingerprint density at radius 3 is 2.78 bits per heavy atom. The molecule has 0 bridgehead atoms. The summed E-state index contributed by atoms with van der Waals surface area (Å²) in [7, 11) is 1.73. The number of rotatable bonds is 9. The lowest BCUT2D eigenvalue weighted by molar-refractivity contribution is 0.110. The molecule has 104 valence electrons. The third-order valence-corrected chi connectivity index (χ3v) is 2.92. The summed E-state index contributed by atoms with van der Waals surface area (Å²) in [5.74, 6) is 1.81. The van der Waals surface area contributed by atoms with Gasteiger partial charge in [0, 0.05) is 26.0 Å². The third kappa shape index (κ3) is 6.17. The molecule has 1 atom stereocenters. The monoisotopic (exact) mass is 254 g/mol. The first-order valence-corrected chi connectivity index (χ1v) is 6.81. The van der Waals surface area contributed by atoms with Gasteiger partial charge in [-0.3, -0.25) is 0 Å². The second-order valence-corrected chi connectivity index (χ2v) is 5.02. The summed E-state index contributed by atoms with van der Waals surface area (Å²) in [6, 6.07) is 0.542. The predicted octanol–water partition coefficient (Wildman–Crippen LogP) is 2.57. The molecule has 0 spiro atoms. The van der Waals surface area contributed by atoms with Gasteiger partial charge in [0.2, 0.25) is 0 Å². The van der Waals surface area contributed by atoms with Crippen molar-refractivity contribution in [3.05, 3.63) is 17.8 Å². The molecule has 0 aliphatic carbocycles. The van der Waals surface area contributed by atoms with E-state index in [0.717, 1.165) is 43.9 Å². The Bertz CT molecular complexity index is 323. The summed E-state index contributed by atoms with van der Waals surface area (Å²) in [5, 5.41) is 3.38. The average Bonchev–Trinajstić information content (AvgIpc) is 2.79. The first-order valence-electron chi connectivity index (χ1n) is 6.81. The van der Waals surface area contributed by atoms with E-state index in [2.05, 4.69) is 31.1 Å². The predicted molar refractivity (Wildman–Crippen MR) is 72.8 cm³/mol. The lowest BCUT2D eigenvalue weighted by Crippen LogP contribution is -2.23. The molecule has 0 saturated carbocycles. The van der Waals surface area contributed by atoms with Crippen LogP contribution in [0, 0.1) is 0 Å². The van der Waals surface area contributed by atoms with Crippen LogP contribution in [-0.2, 0) is 17.6 Å². The van der Waals surface area contributed by atoms with E-state index in [0.29, 0.717) is 6.04 Å². The molecule has 4 nitrogen and oxygen atoms in total. The zero-order valence-electron chi connectivity index (χ0n) is 12.0. The Morgan fingerprint density at radius 2 is 2.11 bits per heavy atom. The Morgan fingerprint density at radius 1 is 1.33 bits per heavy atom. The largest absolute Gasteiger partial charge is 0.446 e. The van der Waals surface area contributed by atoms with Crippen molar-refractivity contribution in [3.8, 4) is 0 Å². The molecule has 1 unspecified atom stereocenters. The Hall–Kier alpha value is -0.870. The number of hydrogen-bond donors (Lipinski definition) is 1. The minimum absolute atomic E-state index is 0.272. The number of methoxy groups -OCH3 is 1. The van der Waals surface area contributed by atoms with Gasteiger partial charge in [-0.15, -0.1) is 0 Å². The zero-order chi connectivity index (χ0) is 13.4. The molecule has 0 saturated heterocycles. The molecule has 0 amide bonds. The second kappa shape index (κ2) is 8.27. The van der Waals surface area contributed by atoms with Crippen LogP contribution in [0.3, 0.4) is 0 Å². The lowest BCUT2D eigenvalue weighted by Gasteiger charge is -2.07. The van der Waals surface area contributed by atoms with E-state index in [1.54, 1.807) is 7.11 Å². The summed E-state index contributed by atoms with van der Waals surface area (Å²) in [6.45, 7) is 7.38. The fraction of sp³-hybridized carbons (Fsp3) is 0.786. The molecule has 1 heterocycles. The van der Waals surface area contributed by atoms with Gasteiger partial charge < -0.3 is 14.5 Å². The molecule has 4 heteroatoms. The van der Waals surface area contributed by atoms with Crippen LogP contribution in [0.5, 0.6) is 0 Å². The molecule has 1 N–H and O–H groups in total. The van der Waals surface area contributed by atoms with E-state index in [-0.39, 0.29) is 6.10 Å². The van der Waals surface area contributed by atoms with Crippen molar-refractivity contribution in [3.63, 3.8) is 0 Å². The number of nitrogens with one attached hydrogen (secondary N) is 1. The normalized spacial score (nSPS) is 13.2. The van der Waals surface area contributed by atoms with Gasteiger partial charge in [-0.05, 0) is 26.3 Å². The van der Waals surface area contributed by atoms with E-state index >= 15 is 0 Å². The van der Waals surface area contributed by atoms with Gasteiger partial charge in [-0.25, -0.2) is 4.98 Å². The molecule has 0 aliphatic heterocycles. The Balaban J connectivity index is 2.21. The summed E-state index contributed by atoms with van der Waals surface area (Å²) in [6.07, 6.45) is 5.94. The highest BCUT2D eigenvalue weighted by Crippen LogP contribution is 2.10. The minimum atomic E-state index is 0.272. The van der Waals surface area contributed by atoms with Gasteiger partial charge >= 0.3 is 0 Å². The maximum absolute atomic E-state index is 5.69. The maximum atomic E-state index is 5.69. The fourth-order valence-electron chi connectivity index (χ4n) is 1.67. The number of hydrogen-bond acceptors (Lipinski definition) is 4. The molecule has 1 aromatic rings. The highest BCUT2D eigenvalue weighted by atomic mass is 16.5. The van der Waals surface area contributed by atoms with Gasteiger partial charge in [0.05, 0.1) is 12.3 Å². The van der Waals surface area contributed by atoms with Crippen molar-refractivity contribution in [2.75, 3.05) is 13.7 Å². The van der Waals surface area contributed by atoms with Crippen molar-refractivity contribution < 1.29 is 9.15 Å². The molecule has 0 radical (unpaired) electrons. The summed E-state index contributed by atoms with van der Waals surface area (Å²) in [5.41, 5.74) is 0. The average molecular weight is 254 g/mol. The number of ether oxygens (including phenoxy) is 1. The van der Waals surface area contributed by atoms with Crippen molar-refractivity contribution >= 4 is 0 Å². The van der Waals surface area contributed by atoms with Crippen LogP contribution < -0.4 is 5.32 Å². The third-order valence-electron chi connectivity index (χ3n) is 2.92. The van der Waals surface area contributed by atoms with Crippen molar-refractivity contribution in [1.29, 1.82) is 0 Å². The zero-order valence-corrected chi connectivity index (χ0v) is 12.0.